The first-order valence-electron chi connectivity index (χ1n) is 10.3. The first-order chi connectivity index (χ1) is 16.5. The Bertz CT molecular complexity index is 1270. The van der Waals surface area contributed by atoms with E-state index in [0.29, 0.717) is 49.3 Å². The Kier molecular flexibility index (Phi) is 5.73. The second-order valence-electron chi connectivity index (χ2n) is 7.40. The van der Waals surface area contributed by atoms with Crippen LogP contribution >= 0.6 is 11.6 Å². The number of piperazine rings is 1. The van der Waals surface area contributed by atoms with Gasteiger partial charge < -0.3 is 32.8 Å². The number of esters is 1. The van der Waals surface area contributed by atoms with Gasteiger partial charge in [0.15, 0.2) is 23.9 Å². The Morgan fingerprint density at radius 1 is 1.21 bits per heavy atom. The fraction of sp³-hybridized carbons (Fsp3) is 0.273. The van der Waals surface area contributed by atoms with Gasteiger partial charge in [0.05, 0.1) is 16.8 Å². The van der Waals surface area contributed by atoms with E-state index in [-0.39, 0.29) is 34.9 Å². The number of benzene rings is 1. The molecule has 1 saturated heterocycles. The molecule has 1 aromatic carbocycles. The molecule has 174 valence electrons. The number of halogens is 1. The summed E-state index contributed by atoms with van der Waals surface area (Å²) in [6, 6.07) is 8.27. The Morgan fingerprint density at radius 2 is 2.03 bits per heavy atom. The Labute approximate surface area is 198 Å². The highest BCUT2D eigenvalue weighted by Gasteiger charge is 2.28. The normalized spacial score (nSPS) is 14.7. The number of oxazole rings is 1. The van der Waals surface area contributed by atoms with Gasteiger partial charge in [-0.25, -0.2) is 4.79 Å². The minimum atomic E-state index is -0.696. The number of carbonyl (C=O) groups is 2. The van der Waals surface area contributed by atoms with E-state index in [0.717, 1.165) is 0 Å². The topological polar surface area (TPSA) is 131 Å². The van der Waals surface area contributed by atoms with Gasteiger partial charge in [0, 0.05) is 26.2 Å². The van der Waals surface area contributed by atoms with Crippen molar-refractivity contribution in [2.75, 3.05) is 44.5 Å². The van der Waals surface area contributed by atoms with E-state index < -0.39 is 12.6 Å². The van der Waals surface area contributed by atoms with Crippen LogP contribution in [0.2, 0.25) is 5.02 Å². The SMILES string of the molecule is N#Cc1nc(-c2ccco2)oc1N1CCN(C(=O)COC(=O)c2cc(Cl)c3c(c2)OCO3)CC1. The summed E-state index contributed by atoms with van der Waals surface area (Å²) in [6.45, 7) is 1.14. The molecule has 0 atom stereocenters. The van der Waals surface area contributed by atoms with Gasteiger partial charge in [0.2, 0.25) is 18.4 Å². The van der Waals surface area contributed by atoms with E-state index in [1.54, 1.807) is 17.0 Å². The van der Waals surface area contributed by atoms with Gasteiger partial charge in [0.25, 0.3) is 11.8 Å². The van der Waals surface area contributed by atoms with Crippen LogP contribution in [0.3, 0.4) is 0 Å². The third-order valence-electron chi connectivity index (χ3n) is 5.36. The van der Waals surface area contributed by atoms with E-state index in [1.165, 1.54) is 18.4 Å². The van der Waals surface area contributed by atoms with Crippen LogP contribution in [0.25, 0.3) is 11.7 Å². The van der Waals surface area contributed by atoms with Crippen molar-refractivity contribution >= 4 is 29.4 Å². The molecule has 2 aliphatic heterocycles. The van der Waals surface area contributed by atoms with Crippen molar-refractivity contribution in [3.63, 3.8) is 0 Å². The van der Waals surface area contributed by atoms with Gasteiger partial charge in [-0.05, 0) is 24.3 Å². The van der Waals surface area contributed by atoms with Crippen molar-refractivity contribution in [1.29, 1.82) is 5.26 Å². The van der Waals surface area contributed by atoms with Gasteiger partial charge in [-0.2, -0.15) is 10.2 Å². The lowest BCUT2D eigenvalue weighted by molar-refractivity contribution is -0.134. The molecule has 34 heavy (non-hydrogen) atoms. The monoisotopic (exact) mass is 484 g/mol. The number of nitrogens with zero attached hydrogens (tertiary/aromatic N) is 4. The standard InChI is InChI=1S/C22H17ClN4O7/c23-14-8-13(9-17-19(14)33-12-32-17)22(29)31-11-18(28)26-3-5-27(6-4-26)21-15(10-24)25-20(34-21)16-2-1-7-30-16/h1-2,7-9H,3-6,11-12H2. The zero-order chi connectivity index (χ0) is 23.7. The van der Waals surface area contributed by atoms with E-state index >= 15 is 0 Å². The van der Waals surface area contributed by atoms with Gasteiger partial charge in [-0.15, -0.1) is 0 Å². The lowest BCUT2D eigenvalue weighted by Crippen LogP contribution is -2.50. The van der Waals surface area contributed by atoms with Crippen molar-refractivity contribution in [1.82, 2.24) is 9.88 Å². The molecule has 12 heteroatoms. The number of hydrogen-bond acceptors (Lipinski definition) is 10. The van der Waals surface area contributed by atoms with Crippen LogP contribution in [0.1, 0.15) is 16.1 Å². The van der Waals surface area contributed by atoms with Crippen LogP contribution in [-0.2, 0) is 9.53 Å². The number of furan rings is 1. The lowest BCUT2D eigenvalue weighted by Gasteiger charge is -2.34. The minimum absolute atomic E-state index is 0.0199. The Hall–Kier alpha value is -4.17. The molecule has 0 saturated carbocycles. The first kappa shape index (κ1) is 21.7. The van der Waals surface area contributed by atoms with Crippen LogP contribution in [0.5, 0.6) is 11.5 Å². The van der Waals surface area contributed by atoms with E-state index in [2.05, 4.69) is 4.98 Å². The largest absolute Gasteiger partial charge is 0.459 e. The molecule has 1 fully saturated rings. The summed E-state index contributed by atoms with van der Waals surface area (Å²) in [5.41, 5.74) is 0.302. The number of ether oxygens (including phenoxy) is 3. The minimum Gasteiger partial charge on any atom is -0.459 e. The number of rotatable bonds is 5. The molecule has 5 rings (SSSR count). The predicted octanol–water partition coefficient (Wildman–Crippen LogP) is 2.69. The zero-order valence-electron chi connectivity index (χ0n) is 17.7. The average molecular weight is 485 g/mol. The second-order valence-corrected chi connectivity index (χ2v) is 7.80. The summed E-state index contributed by atoms with van der Waals surface area (Å²) in [4.78, 5) is 32.5. The number of aromatic nitrogens is 1. The molecule has 4 heterocycles. The van der Waals surface area contributed by atoms with Crippen molar-refractivity contribution in [3.05, 3.63) is 46.8 Å². The summed E-state index contributed by atoms with van der Waals surface area (Å²) < 4.78 is 26.7. The third kappa shape index (κ3) is 4.11. The maximum atomic E-state index is 12.6. The maximum Gasteiger partial charge on any atom is 0.338 e. The smallest absolute Gasteiger partial charge is 0.338 e. The zero-order valence-corrected chi connectivity index (χ0v) is 18.4. The molecule has 1 amide bonds. The van der Waals surface area contributed by atoms with Crippen molar-refractivity contribution in [2.24, 2.45) is 0 Å². The van der Waals surface area contributed by atoms with E-state index in [1.807, 2.05) is 11.0 Å². The number of carbonyl (C=O) groups excluding carboxylic acids is 2. The highest BCUT2D eigenvalue weighted by molar-refractivity contribution is 6.32. The highest BCUT2D eigenvalue weighted by atomic mass is 35.5. The fourth-order valence-corrected chi connectivity index (χ4v) is 3.92. The summed E-state index contributed by atoms with van der Waals surface area (Å²) in [5, 5.41) is 9.64. The molecule has 0 aliphatic carbocycles. The van der Waals surface area contributed by atoms with Crippen molar-refractivity contribution in [3.8, 4) is 29.2 Å². The summed E-state index contributed by atoms with van der Waals surface area (Å²) in [7, 11) is 0. The van der Waals surface area contributed by atoms with Crippen LogP contribution in [0, 0.1) is 11.3 Å². The molecule has 0 spiro atoms. The summed E-state index contributed by atoms with van der Waals surface area (Å²) >= 11 is 6.09. The molecular weight excluding hydrogens is 468 g/mol. The number of nitriles is 1. The molecule has 0 bridgehead atoms. The molecule has 3 aromatic rings. The number of hydrogen-bond donors (Lipinski definition) is 0. The van der Waals surface area contributed by atoms with Gasteiger partial charge in [-0.3, -0.25) is 4.79 Å². The van der Waals surface area contributed by atoms with E-state index in [4.69, 9.17) is 34.6 Å². The quantitative estimate of drug-likeness (QED) is 0.498. The lowest BCUT2D eigenvalue weighted by atomic mass is 10.2. The fourth-order valence-electron chi connectivity index (χ4n) is 3.65. The third-order valence-corrected chi connectivity index (χ3v) is 5.64. The number of amides is 1. The highest BCUT2D eigenvalue weighted by Crippen LogP contribution is 2.40. The Balaban J connectivity index is 1.17. The van der Waals surface area contributed by atoms with Crippen molar-refractivity contribution < 1.29 is 32.6 Å². The van der Waals surface area contributed by atoms with Gasteiger partial charge in [0.1, 0.15) is 6.07 Å². The van der Waals surface area contributed by atoms with Crippen LogP contribution in [0.15, 0.2) is 39.4 Å². The van der Waals surface area contributed by atoms with Crippen LogP contribution < -0.4 is 14.4 Å². The van der Waals surface area contributed by atoms with Crippen LogP contribution in [-0.4, -0.2) is 61.3 Å². The predicted molar refractivity (Wildman–Crippen MR) is 116 cm³/mol. The second kappa shape index (κ2) is 8.99. The molecule has 11 nitrogen and oxygen atoms in total. The van der Waals surface area contributed by atoms with Gasteiger partial charge in [-0.1, -0.05) is 11.6 Å². The molecular formula is C22H17ClN4O7. The van der Waals surface area contributed by atoms with E-state index in [9.17, 15) is 14.9 Å². The molecule has 2 aliphatic rings. The molecule has 0 N–H and O–H groups in total. The Morgan fingerprint density at radius 3 is 2.76 bits per heavy atom. The van der Waals surface area contributed by atoms with Crippen molar-refractivity contribution in [2.45, 2.75) is 0 Å². The number of fused-ring (bicyclic) bond motifs is 1. The summed E-state index contributed by atoms with van der Waals surface area (Å²) in [6.07, 6.45) is 1.49. The first-order valence-corrected chi connectivity index (χ1v) is 10.6. The van der Waals surface area contributed by atoms with Gasteiger partial charge >= 0.3 is 5.97 Å². The summed E-state index contributed by atoms with van der Waals surface area (Å²) in [5.74, 6) is 0.642. The molecule has 0 unspecified atom stereocenters. The molecule has 2 aromatic heterocycles. The molecule has 0 radical (unpaired) electrons. The average Bonchev–Trinajstić information content (AvgIpc) is 3.62. The number of anilines is 1. The maximum absolute atomic E-state index is 12.6. The van der Waals surface area contributed by atoms with Crippen LogP contribution in [0.4, 0.5) is 5.88 Å².